The van der Waals surface area contributed by atoms with Gasteiger partial charge in [0.2, 0.25) is 0 Å². The van der Waals surface area contributed by atoms with E-state index in [1.165, 1.54) is 5.56 Å². The lowest BCUT2D eigenvalue weighted by Crippen LogP contribution is -2.05. The molecule has 0 bridgehead atoms. The van der Waals surface area contributed by atoms with Crippen LogP contribution in [0.2, 0.25) is 0 Å². The van der Waals surface area contributed by atoms with Crippen molar-refractivity contribution in [1.29, 1.82) is 0 Å². The van der Waals surface area contributed by atoms with E-state index in [-0.39, 0.29) is 12.4 Å². The van der Waals surface area contributed by atoms with Gasteiger partial charge in [0.05, 0.1) is 5.36 Å². The maximum atomic E-state index is 9.04. The lowest BCUT2D eigenvalue weighted by Gasteiger charge is -1.97. The summed E-state index contributed by atoms with van der Waals surface area (Å²) in [7, 11) is 0. The second kappa shape index (κ2) is 6.76. The van der Waals surface area contributed by atoms with Crippen LogP contribution in [0.5, 0.6) is 0 Å². The molecule has 1 aromatic heterocycles. The molecule has 0 aliphatic rings. The van der Waals surface area contributed by atoms with Gasteiger partial charge in [0.25, 0.3) is 0 Å². The van der Waals surface area contributed by atoms with Crippen molar-refractivity contribution < 1.29 is 5.21 Å². The first-order valence-electron chi connectivity index (χ1n) is 5.26. The van der Waals surface area contributed by atoms with E-state index in [9.17, 15) is 0 Å². The van der Waals surface area contributed by atoms with Gasteiger partial charge in [-0.25, -0.2) is 4.73 Å². The molecule has 17 heavy (non-hydrogen) atoms. The van der Waals surface area contributed by atoms with Crippen molar-refractivity contribution in [2.45, 2.75) is 6.42 Å². The summed E-state index contributed by atoms with van der Waals surface area (Å²) in [5.41, 5.74) is 1.29. The molecule has 0 fully saturated rings. The average Bonchev–Trinajstić information content (AvgIpc) is 2.33. The van der Waals surface area contributed by atoms with E-state index >= 15 is 0 Å². The van der Waals surface area contributed by atoms with Crippen molar-refractivity contribution in [2.24, 2.45) is 4.99 Å². The fourth-order valence-electron chi connectivity index (χ4n) is 1.47. The Morgan fingerprint density at radius 3 is 2.29 bits per heavy atom. The number of aromatic nitrogens is 1. The number of halogens is 1. The molecule has 0 spiro atoms. The minimum absolute atomic E-state index is 0. The predicted molar refractivity (Wildman–Crippen MR) is 69.4 cm³/mol. The summed E-state index contributed by atoms with van der Waals surface area (Å²) in [6.07, 6.45) is 4.08. The van der Waals surface area contributed by atoms with E-state index in [2.05, 4.69) is 17.1 Å². The van der Waals surface area contributed by atoms with Crippen molar-refractivity contribution >= 4 is 12.4 Å². The van der Waals surface area contributed by atoms with Crippen LogP contribution in [0, 0.1) is 0 Å². The van der Waals surface area contributed by atoms with Crippen LogP contribution in [-0.4, -0.2) is 16.5 Å². The van der Waals surface area contributed by atoms with Gasteiger partial charge in [-0.05, 0) is 24.1 Å². The van der Waals surface area contributed by atoms with Crippen molar-refractivity contribution in [3.63, 3.8) is 0 Å². The molecule has 1 aromatic carbocycles. The molecule has 1 heterocycles. The van der Waals surface area contributed by atoms with E-state index in [0.29, 0.717) is 0 Å². The summed E-state index contributed by atoms with van der Waals surface area (Å²) >= 11 is 0. The molecule has 0 saturated heterocycles. The van der Waals surface area contributed by atoms with Gasteiger partial charge in [-0.15, -0.1) is 12.4 Å². The third-order valence-corrected chi connectivity index (χ3v) is 2.33. The summed E-state index contributed by atoms with van der Waals surface area (Å²) in [5, 5.41) is 9.93. The molecule has 0 aliphatic carbocycles. The molecule has 90 valence electrons. The monoisotopic (exact) mass is 250 g/mol. The summed E-state index contributed by atoms with van der Waals surface area (Å²) in [6, 6.07) is 13.8. The molecule has 0 atom stereocenters. The highest BCUT2D eigenvalue weighted by molar-refractivity contribution is 5.85. The van der Waals surface area contributed by atoms with Crippen molar-refractivity contribution in [2.75, 3.05) is 6.54 Å². The van der Waals surface area contributed by atoms with Crippen LogP contribution in [0.1, 0.15) is 5.56 Å². The highest BCUT2D eigenvalue weighted by atomic mass is 35.5. The Kier molecular flexibility index (Phi) is 5.30. The summed E-state index contributed by atoms with van der Waals surface area (Å²) in [4.78, 5) is 4.42. The lowest BCUT2D eigenvalue weighted by molar-refractivity contribution is 0.184. The molecule has 0 radical (unpaired) electrons. The number of nitrogens with zero attached hydrogens (tertiary/aromatic N) is 2. The highest BCUT2D eigenvalue weighted by Crippen LogP contribution is 1.98. The Labute approximate surface area is 106 Å². The van der Waals surface area contributed by atoms with Gasteiger partial charge in [0.1, 0.15) is 0 Å². The molecule has 0 unspecified atom stereocenters. The second-order valence-corrected chi connectivity index (χ2v) is 3.55. The zero-order chi connectivity index (χ0) is 11.2. The van der Waals surface area contributed by atoms with E-state index in [4.69, 9.17) is 5.21 Å². The Balaban J connectivity index is 0.00000144. The van der Waals surface area contributed by atoms with Crippen molar-refractivity contribution in [1.82, 2.24) is 4.73 Å². The Morgan fingerprint density at radius 1 is 1.00 bits per heavy atom. The molecule has 2 rings (SSSR count). The third-order valence-electron chi connectivity index (χ3n) is 2.33. The van der Waals surface area contributed by atoms with Crippen molar-refractivity contribution in [3.05, 3.63) is 65.8 Å². The minimum atomic E-state index is 0. The summed E-state index contributed by atoms with van der Waals surface area (Å²) in [6.45, 7) is 0.763. The molecule has 0 aliphatic heterocycles. The minimum Gasteiger partial charge on any atom is -0.429 e. The van der Waals surface area contributed by atoms with Gasteiger partial charge in [-0.3, -0.25) is 4.99 Å². The fraction of sp³-hybridized carbons (Fsp3) is 0.154. The maximum absolute atomic E-state index is 9.04. The van der Waals surface area contributed by atoms with Crippen LogP contribution in [0.4, 0.5) is 0 Å². The van der Waals surface area contributed by atoms with Crippen molar-refractivity contribution in [3.8, 4) is 0 Å². The summed E-state index contributed by atoms with van der Waals surface area (Å²) in [5.74, 6) is 0. The van der Waals surface area contributed by atoms with Crippen LogP contribution in [0.25, 0.3) is 0 Å². The first-order valence-corrected chi connectivity index (χ1v) is 5.26. The zero-order valence-corrected chi connectivity index (χ0v) is 10.2. The number of pyridine rings is 1. The van der Waals surface area contributed by atoms with Gasteiger partial charge >= 0.3 is 0 Å². The average molecular weight is 251 g/mol. The van der Waals surface area contributed by atoms with E-state index in [1.54, 1.807) is 24.5 Å². The Hall–Kier alpha value is -1.74. The largest absolute Gasteiger partial charge is 0.429 e. The maximum Gasteiger partial charge on any atom is 0.0606 e. The molecule has 0 saturated carbocycles. The Morgan fingerprint density at radius 2 is 1.65 bits per heavy atom. The van der Waals surface area contributed by atoms with E-state index < -0.39 is 0 Å². The van der Waals surface area contributed by atoms with Crippen LogP contribution in [0.15, 0.2) is 59.9 Å². The van der Waals surface area contributed by atoms with E-state index in [0.717, 1.165) is 23.1 Å². The molecule has 0 amide bonds. The number of hydrogen-bond acceptors (Lipinski definition) is 2. The smallest absolute Gasteiger partial charge is 0.0606 e. The molecule has 3 nitrogen and oxygen atoms in total. The first-order chi connectivity index (χ1) is 7.84. The highest BCUT2D eigenvalue weighted by Gasteiger charge is 1.89. The quantitative estimate of drug-likeness (QED) is 0.834. The molecular weight excluding hydrogens is 236 g/mol. The molecular formula is C13H15ClN2O. The molecule has 2 aromatic rings. The predicted octanol–water partition coefficient (Wildman–Crippen LogP) is 2.29. The van der Waals surface area contributed by atoms with Crippen LogP contribution in [0.3, 0.4) is 0 Å². The van der Waals surface area contributed by atoms with Crippen LogP contribution in [-0.2, 0) is 6.42 Å². The van der Waals surface area contributed by atoms with Gasteiger partial charge < -0.3 is 5.21 Å². The number of benzene rings is 1. The lowest BCUT2D eigenvalue weighted by atomic mass is 10.2. The Bertz CT molecular complexity index is 488. The topological polar surface area (TPSA) is 37.5 Å². The molecule has 4 heteroatoms. The fourth-order valence-corrected chi connectivity index (χ4v) is 1.47. The van der Waals surface area contributed by atoms with E-state index in [1.807, 2.05) is 18.2 Å². The zero-order valence-electron chi connectivity index (χ0n) is 9.36. The number of hydrogen-bond donors (Lipinski definition) is 1. The number of rotatable bonds is 3. The van der Waals surface area contributed by atoms with Gasteiger partial charge in [-0.2, -0.15) is 0 Å². The van der Waals surface area contributed by atoms with Crippen LogP contribution >= 0.6 is 12.4 Å². The van der Waals surface area contributed by atoms with Crippen LogP contribution < -0.4 is 5.36 Å². The molecule has 1 N–H and O–H groups in total. The van der Waals surface area contributed by atoms with Gasteiger partial charge in [0, 0.05) is 18.9 Å². The SMILES string of the molecule is Cl.On1ccc(=NCCc2ccccc2)cc1. The third kappa shape index (κ3) is 4.33. The van der Waals surface area contributed by atoms with Gasteiger partial charge in [0.15, 0.2) is 0 Å². The first kappa shape index (κ1) is 13.3. The normalized spacial score (nSPS) is 9.41. The second-order valence-electron chi connectivity index (χ2n) is 3.55. The standard InChI is InChI=1S/C13H14N2O.ClH/c16-15-10-7-13(8-11-15)14-9-6-12-4-2-1-3-5-12;/h1-5,7-8,10-11,16H,6,9H2;1H. The van der Waals surface area contributed by atoms with Gasteiger partial charge in [-0.1, -0.05) is 30.3 Å². The summed E-state index contributed by atoms with van der Waals surface area (Å²) < 4.78 is 1.01.